The van der Waals surface area contributed by atoms with Crippen LogP contribution < -0.4 is 5.84 Å². The van der Waals surface area contributed by atoms with Gasteiger partial charge in [0.15, 0.2) is 0 Å². The predicted octanol–water partition coefficient (Wildman–Crippen LogP) is 0.134. The van der Waals surface area contributed by atoms with Gasteiger partial charge in [-0.3, -0.25) is 4.84 Å². The lowest BCUT2D eigenvalue weighted by Crippen LogP contribution is -2.30. The maximum Gasteiger partial charge on any atom is 0.0673 e. The van der Waals surface area contributed by atoms with Crippen LogP contribution in [-0.4, -0.2) is 18.3 Å². The highest BCUT2D eigenvalue weighted by Gasteiger charge is 1.86. The molecule has 0 aliphatic heterocycles. The SMILES string of the molecule is CCON(N)CC. The molecule has 2 N–H and O–H groups in total. The van der Waals surface area contributed by atoms with Gasteiger partial charge in [0.2, 0.25) is 0 Å². The van der Waals surface area contributed by atoms with Gasteiger partial charge >= 0.3 is 0 Å². The Morgan fingerprint density at radius 1 is 1.57 bits per heavy atom. The van der Waals surface area contributed by atoms with Crippen LogP contribution in [0.15, 0.2) is 0 Å². The molecule has 0 aromatic heterocycles. The van der Waals surface area contributed by atoms with E-state index in [0.717, 1.165) is 6.54 Å². The molecule has 0 saturated heterocycles. The van der Waals surface area contributed by atoms with Crippen LogP contribution in [0, 0.1) is 0 Å². The van der Waals surface area contributed by atoms with Gasteiger partial charge < -0.3 is 0 Å². The second-order valence-electron chi connectivity index (χ2n) is 1.15. The summed E-state index contributed by atoms with van der Waals surface area (Å²) in [6, 6.07) is 0. The van der Waals surface area contributed by atoms with Gasteiger partial charge in [0.1, 0.15) is 0 Å². The molecule has 0 heterocycles. The summed E-state index contributed by atoms with van der Waals surface area (Å²) in [5.41, 5.74) is 0. The average Bonchev–Trinajstić information content (AvgIpc) is 1.68. The van der Waals surface area contributed by atoms with Crippen molar-refractivity contribution in [2.45, 2.75) is 13.8 Å². The molecule has 0 radical (unpaired) electrons. The van der Waals surface area contributed by atoms with Crippen LogP contribution in [0.2, 0.25) is 0 Å². The smallest absolute Gasteiger partial charge is 0.0673 e. The number of hydrogen-bond donors (Lipinski definition) is 1. The minimum Gasteiger partial charge on any atom is -0.285 e. The molecule has 0 aromatic carbocycles. The van der Waals surface area contributed by atoms with Crippen molar-refractivity contribution in [2.75, 3.05) is 13.2 Å². The number of rotatable bonds is 3. The van der Waals surface area contributed by atoms with Gasteiger partial charge in [-0.15, -0.1) is 5.17 Å². The molecule has 0 amide bonds. The quantitative estimate of drug-likeness (QED) is 0.408. The minimum atomic E-state index is 0.643. The first-order valence-electron chi connectivity index (χ1n) is 2.46. The Balaban J connectivity index is 2.83. The Kier molecular flexibility index (Phi) is 3.98. The van der Waals surface area contributed by atoms with E-state index in [9.17, 15) is 0 Å². The van der Waals surface area contributed by atoms with Crippen molar-refractivity contribution >= 4 is 0 Å². The van der Waals surface area contributed by atoms with Crippen molar-refractivity contribution in [2.24, 2.45) is 5.84 Å². The third kappa shape index (κ3) is 3.72. The van der Waals surface area contributed by atoms with Gasteiger partial charge in [-0.2, -0.15) is 0 Å². The number of nitrogens with zero attached hydrogens (tertiary/aromatic N) is 1. The zero-order chi connectivity index (χ0) is 5.70. The van der Waals surface area contributed by atoms with E-state index in [1.807, 2.05) is 13.8 Å². The van der Waals surface area contributed by atoms with Crippen molar-refractivity contribution in [3.63, 3.8) is 0 Å². The number of nitrogens with two attached hydrogens (primary N) is 1. The van der Waals surface area contributed by atoms with Crippen LogP contribution in [0.4, 0.5) is 0 Å². The Labute approximate surface area is 44.0 Å². The summed E-state index contributed by atoms with van der Waals surface area (Å²) in [5, 5.41) is 1.31. The van der Waals surface area contributed by atoms with E-state index in [0.29, 0.717) is 6.61 Å². The third-order valence-electron chi connectivity index (χ3n) is 0.607. The summed E-state index contributed by atoms with van der Waals surface area (Å²) < 4.78 is 0. The third-order valence-corrected chi connectivity index (χ3v) is 0.607. The maximum atomic E-state index is 5.19. The van der Waals surface area contributed by atoms with Crippen molar-refractivity contribution in [3.05, 3.63) is 0 Å². The Hall–Kier alpha value is -0.120. The molecule has 0 spiro atoms. The Bertz CT molecular complexity index is 40.7. The standard InChI is InChI=1S/C4H12N2O/c1-3-6(5)7-4-2/h3-5H2,1-2H3. The molecule has 3 heteroatoms. The summed E-state index contributed by atoms with van der Waals surface area (Å²) >= 11 is 0. The lowest BCUT2D eigenvalue weighted by atomic mass is 10.8. The number of hydrazine groups is 1. The van der Waals surface area contributed by atoms with Crippen LogP contribution in [0.5, 0.6) is 0 Å². The summed E-state index contributed by atoms with van der Waals surface area (Å²) in [6.45, 7) is 5.20. The second kappa shape index (κ2) is 4.05. The molecule has 7 heavy (non-hydrogen) atoms. The summed E-state index contributed by atoms with van der Waals surface area (Å²) in [7, 11) is 0. The molecule has 0 bridgehead atoms. The van der Waals surface area contributed by atoms with E-state index >= 15 is 0 Å². The average molecular weight is 104 g/mol. The van der Waals surface area contributed by atoms with E-state index in [4.69, 9.17) is 10.7 Å². The Morgan fingerprint density at radius 3 is 2.29 bits per heavy atom. The molecular formula is C4H12N2O. The van der Waals surface area contributed by atoms with Gasteiger partial charge in [-0.25, -0.2) is 5.84 Å². The number of hydrogen-bond acceptors (Lipinski definition) is 3. The molecular weight excluding hydrogens is 92.1 g/mol. The van der Waals surface area contributed by atoms with E-state index in [1.165, 1.54) is 5.17 Å². The first-order chi connectivity index (χ1) is 3.31. The zero-order valence-corrected chi connectivity index (χ0v) is 4.85. The highest BCUT2D eigenvalue weighted by molar-refractivity contribution is 4.16. The van der Waals surface area contributed by atoms with Crippen LogP contribution in [0.3, 0.4) is 0 Å². The van der Waals surface area contributed by atoms with Crippen LogP contribution in [0.1, 0.15) is 13.8 Å². The molecule has 0 atom stereocenters. The van der Waals surface area contributed by atoms with Crippen molar-refractivity contribution in [3.8, 4) is 0 Å². The summed E-state index contributed by atoms with van der Waals surface area (Å²) in [4.78, 5) is 4.80. The van der Waals surface area contributed by atoms with E-state index < -0.39 is 0 Å². The van der Waals surface area contributed by atoms with Gasteiger partial charge in [0.05, 0.1) is 6.61 Å². The molecule has 0 aromatic rings. The van der Waals surface area contributed by atoms with Gasteiger partial charge in [-0.05, 0) is 13.8 Å². The summed E-state index contributed by atoms with van der Waals surface area (Å²) in [6.07, 6.45) is 0. The molecule has 0 fully saturated rings. The molecule has 0 unspecified atom stereocenters. The van der Waals surface area contributed by atoms with Crippen LogP contribution >= 0.6 is 0 Å². The van der Waals surface area contributed by atoms with Gasteiger partial charge in [0, 0.05) is 6.54 Å². The van der Waals surface area contributed by atoms with Gasteiger partial charge in [0.25, 0.3) is 0 Å². The first kappa shape index (κ1) is 6.88. The maximum absolute atomic E-state index is 5.19. The predicted molar refractivity (Wildman–Crippen MR) is 28.2 cm³/mol. The fourth-order valence-corrected chi connectivity index (χ4v) is 0.257. The highest BCUT2D eigenvalue weighted by atomic mass is 16.7. The van der Waals surface area contributed by atoms with Gasteiger partial charge in [-0.1, -0.05) is 0 Å². The lowest BCUT2D eigenvalue weighted by molar-refractivity contribution is -0.153. The molecule has 0 rings (SSSR count). The topological polar surface area (TPSA) is 38.5 Å². The second-order valence-corrected chi connectivity index (χ2v) is 1.15. The zero-order valence-electron chi connectivity index (χ0n) is 4.85. The van der Waals surface area contributed by atoms with E-state index in [-0.39, 0.29) is 0 Å². The van der Waals surface area contributed by atoms with E-state index in [2.05, 4.69) is 0 Å². The normalized spacial score (nSPS) is 10.3. The largest absolute Gasteiger partial charge is 0.285 e. The van der Waals surface area contributed by atoms with E-state index in [1.54, 1.807) is 0 Å². The lowest BCUT2D eigenvalue weighted by Gasteiger charge is -2.10. The Morgan fingerprint density at radius 2 is 2.14 bits per heavy atom. The molecule has 0 aliphatic carbocycles. The van der Waals surface area contributed by atoms with Crippen LogP contribution in [-0.2, 0) is 4.84 Å². The summed E-state index contributed by atoms with van der Waals surface area (Å²) in [5.74, 6) is 5.19. The van der Waals surface area contributed by atoms with Crippen molar-refractivity contribution in [1.82, 2.24) is 5.17 Å². The van der Waals surface area contributed by atoms with Crippen molar-refractivity contribution < 1.29 is 4.84 Å². The highest BCUT2D eigenvalue weighted by Crippen LogP contribution is 1.75. The minimum absolute atomic E-state index is 0.643. The molecule has 0 aliphatic rings. The number of hydroxylamine groups is 1. The monoisotopic (exact) mass is 104 g/mol. The molecule has 44 valence electrons. The fourth-order valence-electron chi connectivity index (χ4n) is 0.257. The fraction of sp³-hybridized carbons (Fsp3) is 1.00. The molecule has 0 saturated carbocycles. The first-order valence-corrected chi connectivity index (χ1v) is 2.46. The van der Waals surface area contributed by atoms with Crippen LogP contribution in [0.25, 0.3) is 0 Å². The van der Waals surface area contributed by atoms with Crippen molar-refractivity contribution in [1.29, 1.82) is 0 Å². The molecule has 3 nitrogen and oxygen atoms in total.